The normalized spacial score (nSPS) is 10.2. The number of nitrogens with one attached hydrogen (secondary N) is 1. The molecule has 0 saturated carbocycles. The van der Waals surface area contributed by atoms with Crippen molar-refractivity contribution in [1.29, 1.82) is 0 Å². The zero-order valence-corrected chi connectivity index (χ0v) is 13.3. The van der Waals surface area contributed by atoms with Crippen molar-refractivity contribution in [2.24, 2.45) is 0 Å². The minimum absolute atomic E-state index is 0.139. The number of aromatic carboxylic acids is 1. The lowest BCUT2D eigenvalue weighted by Crippen LogP contribution is -2.21. The molecule has 0 unspecified atom stereocenters. The standard InChI is InChI=1S/C18H19NO4/c1-11-7-12(2)9-14(8-11)23-10-17(20)19-16-6-4-5-15(13(16)3)18(21)22/h4-9H,10H2,1-3H3,(H,19,20)(H,21,22). The average Bonchev–Trinajstić information content (AvgIpc) is 2.46. The van der Waals surface area contributed by atoms with Crippen molar-refractivity contribution in [3.8, 4) is 5.75 Å². The molecule has 0 aliphatic heterocycles. The molecule has 0 radical (unpaired) electrons. The molecule has 5 nitrogen and oxygen atoms in total. The summed E-state index contributed by atoms with van der Waals surface area (Å²) in [7, 11) is 0. The van der Waals surface area contributed by atoms with Gasteiger partial charge in [0.05, 0.1) is 5.56 Å². The molecule has 0 saturated heterocycles. The maximum Gasteiger partial charge on any atom is 0.336 e. The Morgan fingerprint density at radius 2 is 1.74 bits per heavy atom. The number of anilines is 1. The monoisotopic (exact) mass is 313 g/mol. The van der Waals surface area contributed by atoms with E-state index in [1.165, 1.54) is 6.07 Å². The summed E-state index contributed by atoms with van der Waals surface area (Å²) in [6.45, 7) is 5.44. The zero-order valence-electron chi connectivity index (χ0n) is 13.3. The summed E-state index contributed by atoms with van der Waals surface area (Å²) in [6, 6.07) is 10.5. The summed E-state index contributed by atoms with van der Waals surface area (Å²) in [6.07, 6.45) is 0. The number of aryl methyl sites for hydroxylation is 2. The number of ether oxygens (including phenoxy) is 1. The third-order valence-electron chi connectivity index (χ3n) is 3.40. The van der Waals surface area contributed by atoms with Crippen molar-refractivity contribution in [3.05, 3.63) is 58.7 Å². The highest BCUT2D eigenvalue weighted by atomic mass is 16.5. The lowest BCUT2D eigenvalue weighted by molar-refractivity contribution is -0.118. The summed E-state index contributed by atoms with van der Waals surface area (Å²) in [5.41, 5.74) is 3.27. The Labute approximate surface area is 134 Å². The van der Waals surface area contributed by atoms with E-state index in [1.807, 2.05) is 32.0 Å². The molecule has 0 aromatic heterocycles. The number of hydrogen-bond donors (Lipinski definition) is 2. The fraction of sp³-hybridized carbons (Fsp3) is 0.222. The van der Waals surface area contributed by atoms with E-state index in [4.69, 9.17) is 9.84 Å². The van der Waals surface area contributed by atoms with Crippen LogP contribution in [-0.2, 0) is 4.79 Å². The molecule has 2 rings (SSSR count). The third kappa shape index (κ3) is 4.32. The number of carbonyl (C=O) groups excluding carboxylic acids is 1. The second kappa shape index (κ2) is 6.96. The Morgan fingerprint density at radius 3 is 2.35 bits per heavy atom. The van der Waals surface area contributed by atoms with E-state index in [-0.39, 0.29) is 18.1 Å². The molecule has 0 spiro atoms. The van der Waals surface area contributed by atoms with Crippen molar-refractivity contribution >= 4 is 17.6 Å². The minimum Gasteiger partial charge on any atom is -0.484 e. The van der Waals surface area contributed by atoms with E-state index in [1.54, 1.807) is 19.1 Å². The Bertz CT molecular complexity index is 732. The van der Waals surface area contributed by atoms with Crippen molar-refractivity contribution < 1.29 is 19.4 Å². The average molecular weight is 313 g/mol. The van der Waals surface area contributed by atoms with Gasteiger partial charge in [0.25, 0.3) is 5.91 Å². The van der Waals surface area contributed by atoms with Gasteiger partial charge in [0.1, 0.15) is 5.75 Å². The highest BCUT2D eigenvalue weighted by Crippen LogP contribution is 2.19. The summed E-state index contributed by atoms with van der Waals surface area (Å²) >= 11 is 0. The van der Waals surface area contributed by atoms with Gasteiger partial charge in [-0.15, -0.1) is 0 Å². The van der Waals surface area contributed by atoms with Gasteiger partial charge in [-0.1, -0.05) is 12.1 Å². The number of rotatable bonds is 5. The fourth-order valence-electron chi connectivity index (χ4n) is 2.35. The first-order valence-corrected chi connectivity index (χ1v) is 7.20. The van der Waals surface area contributed by atoms with E-state index in [0.29, 0.717) is 17.0 Å². The maximum atomic E-state index is 12.0. The molecule has 0 atom stereocenters. The molecular formula is C18H19NO4. The van der Waals surface area contributed by atoms with Gasteiger partial charge in [0.2, 0.25) is 0 Å². The molecule has 5 heteroatoms. The molecule has 2 aromatic carbocycles. The second-order valence-electron chi connectivity index (χ2n) is 5.44. The van der Waals surface area contributed by atoms with Crippen molar-refractivity contribution in [2.75, 3.05) is 11.9 Å². The predicted molar refractivity (Wildman–Crippen MR) is 88.2 cm³/mol. The van der Waals surface area contributed by atoms with Gasteiger partial charge in [-0.3, -0.25) is 4.79 Å². The Balaban J connectivity index is 2.03. The lowest BCUT2D eigenvalue weighted by atomic mass is 10.1. The zero-order chi connectivity index (χ0) is 17.0. The van der Waals surface area contributed by atoms with E-state index >= 15 is 0 Å². The molecule has 23 heavy (non-hydrogen) atoms. The van der Waals surface area contributed by atoms with E-state index < -0.39 is 5.97 Å². The molecule has 120 valence electrons. The van der Waals surface area contributed by atoms with Crippen molar-refractivity contribution in [3.63, 3.8) is 0 Å². The summed E-state index contributed by atoms with van der Waals surface area (Å²) in [5, 5.41) is 11.8. The first-order valence-electron chi connectivity index (χ1n) is 7.20. The van der Waals surface area contributed by atoms with Gasteiger partial charge in [-0.05, 0) is 61.7 Å². The minimum atomic E-state index is -1.02. The fourth-order valence-corrected chi connectivity index (χ4v) is 2.35. The topological polar surface area (TPSA) is 75.6 Å². The predicted octanol–water partition coefficient (Wildman–Crippen LogP) is 3.33. The van der Waals surface area contributed by atoms with Crippen LogP contribution in [0.25, 0.3) is 0 Å². The SMILES string of the molecule is Cc1cc(C)cc(OCC(=O)Nc2cccc(C(=O)O)c2C)c1. The largest absolute Gasteiger partial charge is 0.484 e. The molecular weight excluding hydrogens is 294 g/mol. The van der Waals surface area contributed by atoms with Crippen LogP contribution in [0.15, 0.2) is 36.4 Å². The highest BCUT2D eigenvalue weighted by Gasteiger charge is 2.12. The van der Waals surface area contributed by atoms with Gasteiger partial charge in [0, 0.05) is 5.69 Å². The smallest absolute Gasteiger partial charge is 0.336 e. The molecule has 0 heterocycles. The van der Waals surface area contributed by atoms with Gasteiger partial charge in [-0.2, -0.15) is 0 Å². The molecule has 0 aliphatic rings. The van der Waals surface area contributed by atoms with Crippen LogP contribution in [0.3, 0.4) is 0 Å². The molecule has 2 N–H and O–H groups in total. The van der Waals surface area contributed by atoms with Crippen LogP contribution in [0.2, 0.25) is 0 Å². The summed E-state index contributed by atoms with van der Waals surface area (Å²) in [5.74, 6) is -0.728. The maximum absolute atomic E-state index is 12.0. The third-order valence-corrected chi connectivity index (χ3v) is 3.40. The van der Waals surface area contributed by atoms with E-state index in [0.717, 1.165) is 11.1 Å². The number of carboxylic acid groups (broad SMARTS) is 1. The van der Waals surface area contributed by atoms with Crippen LogP contribution >= 0.6 is 0 Å². The number of carboxylic acids is 1. The first kappa shape index (κ1) is 16.5. The summed E-state index contributed by atoms with van der Waals surface area (Å²) < 4.78 is 5.49. The van der Waals surface area contributed by atoms with Crippen molar-refractivity contribution in [1.82, 2.24) is 0 Å². The number of carbonyl (C=O) groups is 2. The Hall–Kier alpha value is -2.82. The lowest BCUT2D eigenvalue weighted by Gasteiger charge is -2.11. The molecule has 2 aromatic rings. The number of benzene rings is 2. The Morgan fingerprint density at radius 1 is 1.09 bits per heavy atom. The van der Waals surface area contributed by atoms with E-state index in [9.17, 15) is 9.59 Å². The van der Waals surface area contributed by atoms with E-state index in [2.05, 4.69) is 5.32 Å². The Kier molecular flexibility index (Phi) is 5.01. The van der Waals surface area contributed by atoms with Gasteiger partial charge < -0.3 is 15.2 Å². The molecule has 0 fully saturated rings. The quantitative estimate of drug-likeness (QED) is 0.888. The van der Waals surface area contributed by atoms with Crippen LogP contribution < -0.4 is 10.1 Å². The molecule has 0 aliphatic carbocycles. The number of amides is 1. The van der Waals surface area contributed by atoms with Gasteiger partial charge >= 0.3 is 5.97 Å². The van der Waals surface area contributed by atoms with Gasteiger partial charge in [-0.25, -0.2) is 4.79 Å². The second-order valence-corrected chi connectivity index (χ2v) is 5.44. The molecule has 1 amide bonds. The van der Waals surface area contributed by atoms with Crippen molar-refractivity contribution in [2.45, 2.75) is 20.8 Å². The van der Waals surface area contributed by atoms with Gasteiger partial charge in [0.15, 0.2) is 6.61 Å². The first-order chi connectivity index (χ1) is 10.9. The van der Waals surface area contributed by atoms with Crippen LogP contribution in [0.1, 0.15) is 27.0 Å². The number of hydrogen-bond acceptors (Lipinski definition) is 3. The van der Waals surface area contributed by atoms with Crippen LogP contribution in [0.5, 0.6) is 5.75 Å². The van der Waals surface area contributed by atoms with Crippen LogP contribution in [0, 0.1) is 20.8 Å². The molecule has 0 bridgehead atoms. The highest BCUT2D eigenvalue weighted by molar-refractivity contribution is 5.96. The van der Waals surface area contributed by atoms with Crippen LogP contribution in [-0.4, -0.2) is 23.6 Å². The van der Waals surface area contributed by atoms with Crippen LogP contribution in [0.4, 0.5) is 5.69 Å². The summed E-state index contributed by atoms with van der Waals surface area (Å²) in [4.78, 5) is 23.1.